The Balaban J connectivity index is 0.993. The van der Waals surface area contributed by atoms with Crippen molar-refractivity contribution >= 4 is 17.9 Å². The van der Waals surface area contributed by atoms with Crippen molar-refractivity contribution in [1.82, 2.24) is 0 Å². The Hall–Kier alpha value is -5.66. The van der Waals surface area contributed by atoms with Gasteiger partial charge in [0.05, 0.1) is 70.2 Å². The molecule has 0 bridgehead atoms. The first-order valence-electron chi connectivity index (χ1n) is 24.8. The summed E-state index contributed by atoms with van der Waals surface area (Å²) in [4.78, 5) is 13.9. The number of aryl methyl sites for hydroxylation is 1. The minimum Gasteiger partial charge on any atom is -0.493 e. The first-order chi connectivity index (χ1) is 33.8. The summed E-state index contributed by atoms with van der Waals surface area (Å²) in [7, 11) is 0. The van der Waals surface area contributed by atoms with Crippen LogP contribution < -0.4 is 9.47 Å². The Bertz CT molecular complexity index is 2470. The van der Waals surface area contributed by atoms with Gasteiger partial charge in [0.25, 0.3) is 0 Å². The summed E-state index contributed by atoms with van der Waals surface area (Å²) < 4.78 is 57.6. The molecule has 3 aliphatic rings. The lowest BCUT2D eigenvalue weighted by atomic mass is 9.84. The van der Waals surface area contributed by atoms with Crippen LogP contribution >= 0.6 is 0 Å². The summed E-state index contributed by atoms with van der Waals surface area (Å²) in [6, 6.07) is 22.8. The quantitative estimate of drug-likeness (QED) is 0.0122. The molecule has 0 spiro atoms. The number of unbranched alkanes of at least 4 members (excludes halogenated alkanes) is 6. The van der Waals surface area contributed by atoms with Crippen molar-refractivity contribution in [3.05, 3.63) is 118 Å². The van der Waals surface area contributed by atoms with Gasteiger partial charge < -0.3 is 33.2 Å². The zero-order valence-corrected chi connectivity index (χ0v) is 40.7. The summed E-state index contributed by atoms with van der Waals surface area (Å²) in [5.74, 6) is 6.38. The molecule has 0 aromatic heterocycles. The third-order valence-corrected chi connectivity index (χ3v) is 13.4. The highest BCUT2D eigenvalue weighted by molar-refractivity contribution is 6.24. The van der Waals surface area contributed by atoms with Gasteiger partial charge in [-0.25, -0.2) is 9.18 Å². The lowest BCUT2D eigenvalue weighted by Gasteiger charge is -2.40. The van der Waals surface area contributed by atoms with Gasteiger partial charge in [0, 0.05) is 47.3 Å². The number of terminal acetylenes is 1. The molecule has 4 aromatic carbocycles. The van der Waals surface area contributed by atoms with Gasteiger partial charge in [0.2, 0.25) is 0 Å². The SMILES string of the molecule is C#CC#Cc1c(CCOCCCCCCOCC2(CC)COC2)cc(/C=N/N=C2c3ccccc3-c3ccccc32)c(OC(=O)c2ccc(OCCCCCCOCC3(CC)COC3)c(C)c2)c1F. The summed E-state index contributed by atoms with van der Waals surface area (Å²) in [5, 5.41) is 9.14. The van der Waals surface area contributed by atoms with E-state index < -0.39 is 11.8 Å². The molecule has 0 N–H and O–H groups in total. The molecule has 0 atom stereocenters. The molecule has 2 fully saturated rings. The number of benzene rings is 4. The fourth-order valence-corrected chi connectivity index (χ4v) is 8.70. The van der Waals surface area contributed by atoms with E-state index in [9.17, 15) is 4.79 Å². The molecule has 0 radical (unpaired) electrons. The molecule has 0 unspecified atom stereocenters. The van der Waals surface area contributed by atoms with Gasteiger partial charge in [-0.2, -0.15) is 5.10 Å². The number of nitrogens with zero attached hydrogens (tertiary/aromatic N) is 2. The second-order valence-corrected chi connectivity index (χ2v) is 18.5. The van der Waals surface area contributed by atoms with Crippen molar-refractivity contribution < 1.29 is 42.3 Å². The van der Waals surface area contributed by atoms with E-state index in [4.69, 9.17) is 39.6 Å². The molecule has 11 heteroatoms. The van der Waals surface area contributed by atoms with E-state index >= 15 is 4.39 Å². The lowest BCUT2D eigenvalue weighted by Crippen LogP contribution is -2.45. The fourth-order valence-electron chi connectivity index (χ4n) is 8.70. The topological polar surface area (TPSA) is 106 Å². The number of halogens is 1. The maximum Gasteiger partial charge on any atom is 0.343 e. The predicted molar refractivity (Wildman–Crippen MR) is 269 cm³/mol. The molecular weight excluding hydrogens is 872 g/mol. The third-order valence-electron chi connectivity index (χ3n) is 13.4. The van der Waals surface area contributed by atoms with E-state index in [1.54, 1.807) is 24.3 Å². The van der Waals surface area contributed by atoms with Crippen molar-refractivity contribution in [2.24, 2.45) is 21.0 Å². The monoisotopic (exact) mass is 938 g/mol. The second kappa shape index (κ2) is 25.8. The van der Waals surface area contributed by atoms with E-state index in [-0.39, 0.29) is 33.3 Å². The molecule has 69 heavy (non-hydrogen) atoms. The van der Waals surface area contributed by atoms with Gasteiger partial charge in [-0.1, -0.05) is 81.6 Å². The highest BCUT2D eigenvalue weighted by Gasteiger charge is 2.37. The Morgan fingerprint density at radius 2 is 1.30 bits per heavy atom. The van der Waals surface area contributed by atoms with Crippen LogP contribution in [0.15, 0.2) is 83.0 Å². The minimum absolute atomic E-state index is 0.0286. The highest BCUT2D eigenvalue weighted by Crippen LogP contribution is 2.37. The van der Waals surface area contributed by atoms with Gasteiger partial charge in [-0.15, -0.1) is 11.5 Å². The van der Waals surface area contributed by atoms with Crippen molar-refractivity contribution in [3.8, 4) is 46.8 Å². The third kappa shape index (κ3) is 13.6. The Morgan fingerprint density at radius 1 is 0.739 bits per heavy atom. The van der Waals surface area contributed by atoms with E-state index in [0.717, 1.165) is 145 Å². The number of hydrogen-bond donors (Lipinski definition) is 0. The number of carbonyl (C=O) groups is 1. The van der Waals surface area contributed by atoms with Gasteiger partial charge in [-0.3, -0.25) is 0 Å². The second-order valence-electron chi connectivity index (χ2n) is 18.5. The summed E-state index contributed by atoms with van der Waals surface area (Å²) in [5.41, 5.74) is 6.85. The van der Waals surface area contributed by atoms with Crippen molar-refractivity contribution in [2.75, 3.05) is 72.7 Å². The number of carbonyl (C=O) groups excluding carboxylic acids is 1. The molecule has 7 rings (SSSR count). The Morgan fingerprint density at radius 3 is 1.84 bits per heavy atom. The van der Waals surface area contributed by atoms with Crippen LogP contribution in [-0.4, -0.2) is 90.6 Å². The van der Waals surface area contributed by atoms with Gasteiger partial charge in [0.15, 0.2) is 11.6 Å². The average Bonchev–Trinajstić information content (AvgIpc) is 3.66. The van der Waals surface area contributed by atoms with Crippen LogP contribution in [0.3, 0.4) is 0 Å². The summed E-state index contributed by atoms with van der Waals surface area (Å²) >= 11 is 0. The van der Waals surface area contributed by atoms with Crippen LogP contribution in [0, 0.1) is 47.8 Å². The Kier molecular flexibility index (Phi) is 19.1. The van der Waals surface area contributed by atoms with Gasteiger partial charge >= 0.3 is 5.97 Å². The normalized spacial score (nSPS) is 15.0. The number of esters is 1. The molecule has 2 heterocycles. The predicted octanol–water partition coefficient (Wildman–Crippen LogP) is 11.1. The molecule has 364 valence electrons. The summed E-state index contributed by atoms with van der Waals surface area (Å²) in [6.07, 6.45) is 17.4. The van der Waals surface area contributed by atoms with Crippen molar-refractivity contribution in [1.29, 1.82) is 0 Å². The smallest absolute Gasteiger partial charge is 0.343 e. The molecule has 0 saturated carbocycles. The van der Waals surface area contributed by atoms with Crippen LogP contribution in [0.1, 0.15) is 122 Å². The largest absolute Gasteiger partial charge is 0.493 e. The number of fused-ring (bicyclic) bond motifs is 3. The maximum atomic E-state index is 16.9. The Labute approximate surface area is 408 Å². The van der Waals surface area contributed by atoms with Crippen LogP contribution in [0.4, 0.5) is 4.39 Å². The van der Waals surface area contributed by atoms with E-state index in [2.05, 4.69) is 53.9 Å². The maximum absolute atomic E-state index is 16.9. The number of ether oxygens (including phenoxy) is 7. The van der Waals surface area contributed by atoms with Crippen molar-refractivity contribution in [3.63, 3.8) is 0 Å². The van der Waals surface area contributed by atoms with Crippen LogP contribution in [0.25, 0.3) is 11.1 Å². The first-order valence-corrected chi connectivity index (χ1v) is 24.8. The van der Waals surface area contributed by atoms with E-state index in [0.29, 0.717) is 43.3 Å². The summed E-state index contributed by atoms with van der Waals surface area (Å²) in [6.45, 7) is 13.9. The molecule has 2 aliphatic heterocycles. The average molecular weight is 939 g/mol. The first kappa shape index (κ1) is 51.2. The zero-order valence-electron chi connectivity index (χ0n) is 40.7. The zero-order chi connectivity index (χ0) is 48.3. The molecule has 2 saturated heterocycles. The highest BCUT2D eigenvalue weighted by atomic mass is 19.1. The van der Waals surface area contributed by atoms with Crippen LogP contribution in [0.5, 0.6) is 11.5 Å². The number of hydrogen-bond acceptors (Lipinski definition) is 10. The molecule has 4 aromatic rings. The molecule has 0 amide bonds. The molecular formula is C58H67FN2O8. The molecule has 1 aliphatic carbocycles. The minimum atomic E-state index is -0.827. The van der Waals surface area contributed by atoms with Gasteiger partial charge in [0.1, 0.15) is 11.5 Å². The van der Waals surface area contributed by atoms with Crippen LogP contribution in [-0.2, 0) is 30.1 Å². The van der Waals surface area contributed by atoms with Gasteiger partial charge in [-0.05, 0) is 123 Å². The standard InChI is InChI=1S/C58H67FN2O8/c1-5-8-21-47-44(28-33-63-29-17-9-10-18-30-64-37-57(6-2)39-66-40-57)35-46(36-60-61-54-50-24-15-13-22-48(50)49-23-14-16-25-51(49)54)55(53(47)59)69-56(62)45-26-27-52(43(4)34-45)68-32-20-12-11-19-31-65-38-58(7-3)41-67-42-58/h1,13-16,22-27,34-36H,6-7,9-12,17-20,28-33,37-42H2,2-4H3/b60-36+. The van der Waals surface area contributed by atoms with E-state index in [1.807, 2.05) is 43.3 Å². The van der Waals surface area contributed by atoms with E-state index in [1.165, 1.54) is 6.21 Å². The molecule has 10 nitrogen and oxygen atoms in total. The number of rotatable bonds is 28. The fraction of sp³-hybridized carbons (Fsp3) is 0.466. The lowest BCUT2D eigenvalue weighted by molar-refractivity contribution is -0.150. The van der Waals surface area contributed by atoms with Crippen molar-refractivity contribution in [2.45, 2.75) is 91.4 Å². The van der Waals surface area contributed by atoms with Crippen LogP contribution in [0.2, 0.25) is 0 Å².